The summed E-state index contributed by atoms with van der Waals surface area (Å²) in [6.07, 6.45) is 3.65. The number of aromatic carboxylic acids is 1. The minimum Gasteiger partial charge on any atom is -0.478 e. The summed E-state index contributed by atoms with van der Waals surface area (Å²) in [7, 11) is 1.66. The van der Waals surface area contributed by atoms with Gasteiger partial charge in [-0.1, -0.05) is 0 Å². The Labute approximate surface area is 88.7 Å². The Bertz CT molecular complexity index is 344. The van der Waals surface area contributed by atoms with E-state index in [0.29, 0.717) is 6.54 Å². The lowest BCUT2D eigenvalue weighted by Gasteiger charge is -2.22. The lowest BCUT2D eigenvalue weighted by atomic mass is 10.1. The number of hydrogen-bond acceptors (Lipinski definition) is 3. The van der Waals surface area contributed by atoms with Crippen LogP contribution in [0.1, 0.15) is 30.6 Å². The van der Waals surface area contributed by atoms with Crippen molar-refractivity contribution >= 4 is 5.97 Å². The number of hydrogen-bond donors (Lipinski definition) is 1. The number of methoxy groups -OCH3 is 1. The molecular formula is C10H16N2O3. The van der Waals surface area contributed by atoms with Crippen molar-refractivity contribution in [3.8, 4) is 0 Å². The van der Waals surface area contributed by atoms with Crippen molar-refractivity contribution in [2.24, 2.45) is 0 Å². The van der Waals surface area contributed by atoms with E-state index in [1.807, 2.05) is 13.8 Å². The van der Waals surface area contributed by atoms with Crippen molar-refractivity contribution in [2.75, 3.05) is 7.11 Å². The second-order valence-corrected chi connectivity index (χ2v) is 4.01. The molecule has 15 heavy (non-hydrogen) atoms. The molecule has 5 heteroatoms. The molecule has 0 saturated carbocycles. The summed E-state index contributed by atoms with van der Waals surface area (Å²) < 4.78 is 6.87. The highest BCUT2D eigenvalue weighted by atomic mass is 16.5. The van der Waals surface area contributed by atoms with E-state index in [2.05, 4.69) is 5.10 Å². The van der Waals surface area contributed by atoms with Crippen LogP contribution >= 0.6 is 0 Å². The highest BCUT2D eigenvalue weighted by Crippen LogP contribution is 2.13. The van der Waals surface area contributed by atoms with E-state index in [9.17, 15) is 4.79 Å². The van der Waals surface area contributed by atoms with E-state index < -0.39 is 5.97 Å². The summed E-state index contributed by atoms with van der Waals surface area (Å²) in [4.78, 5) is 10.6. The molecule has 0 bridgehead atoms. The van der Waals surface area contributed by atoms with E-state index in [-0.39, 0.29) is 11.2 Å². The van der Waals surface area contributed by atoms with Gasteiger partial charge in [0.15, 0.2) is 0 Å². The first-order valence-electron chi connectivity index (χ1n) is 4.75. The predicted octanol–water partition coefficient (Wildman–Crippen LogP) is 1.40. The molecule has 0 saturated heterocycles. The molecule has 0 spiro atoms. The third kappa shape index (κ3) is 3.36. The SMILES string of the molecule is COC(C)(C)CCn1cc(C(=O)O)cn1. The Morgan fingerprint density at radius 3 is 2.80 bits per heavy atom. The summed E-state index contributed by atoms with van der Waals surface area (Å²) in [5.41, 5.74) is 0.000210. The number of nitrogens with zero attached hydrogens (tertiary/aromatic N) is 2. The molecule has 0 aromatic carbocycles. The molecule has 0 fully saturated rings. The van der Waals surface area contributed by atoms with Gasteiger partial charge in [-0.3, -0.25) is 4.68 Å². The molecule has 0 aliphatic rings. The zero-order chi connectivity index (χ0) is 11.5. The third-order valence-corrected chi connectivity index (χ3v) is 2.38. The van der Waals surface area contributed by atoms with Crippen molar-refractivity contribution in [3.63, 3.8) is 0 Å². The van der Waals surface area contributed by atoms with Crippen LogP contribution in [0, 0.1) is 0 Å². The maximum absolute atomic E-state index is 10.6. The van der Waals surface area contributed by atoms with Crippen LogP contribution in [0.4, 0.5) is 0 Å². The van der Waals surface area contributed by atoms with E-state index in [1.54, 1.807) is 11.8 Å². The summed E-state index contributed by atoms with van der Waals surface area (Å²) in [5, 5.41) is 12.6. The van der Waals surface area contributed by atoms with Gasteiger partial charge in [-0.05, 0) is 20.3 Å². The van der Waals surface area contributed by atoms with Gasteiger partial charge < -0.3 is 9.84 Å². The molecule has 1 heterocycles. The fourth-order valence-electron chi connectivity index (χ4n) is 1.08. The number of ether oxygens (including phenoxy) is 1. The Hall–Kier alpha value is -1.36. The first kappa shape index (κ1) is 11.7. The van der Waals surface area contributed by atoms with E-state index in [4.69, 9.17) is 9.84 Å². The quantitative estimate of drug-likeness (QED) is 0.801. The minimum atomic E-state index is -0.952. The molecule has 0 unspecified atom stereocenters. The highest BCUT2D eigenvalue weighted by Gasteiger charge is 2.16. The van der Waals surface area contributed by atoms with Crippen molar-refractivity contribution in [1.82, 2.24) is 9.78 Å². The van der Waals surface area contributed by atoms with Crippen LogP contribution in [0.5, 0.6) is 0 Å². The van der Waals surface area contributed by atoms with Gasteiger partial charge in [0.2, 0.25) is 0 Å². The van der Waals surface area contributed by atoms with Crippen molar-refractivity contribution in [1.29, 1.82) is 0 Å². The average Bonchev–Trinajstić information content (AvgIpc) is 2.63. The van der Waals surface area contributed by atoms with Gasteiger partial charge in [0.25, 0.3) is 0 Å². The number of rotatable bonds is 5. The normalized spacial score (nSPS) is 11.7. The van der Waals surface area contributed by atoms with Gasteiger partial charge in [-0.15, -0.1) is 0 Å². The lowest BCUT2D eigenvalue weighted by Crippen LogP contribution is -2.24. The number of aryl methyl sites for hydroxylation is 1. The molecule has 0 aliphatic heterocycles. The largest absolute Gasteiger partial charge is 0.478 e. The van der Waals surface area contributed by atoms with Crippen LogP contribution in [0.25, 0.3) is 0 Å². The maximum atomic E-state index is 10.6. The smallest absolute Gasteiger partial charge is 0.338 e. The van der Waals surface area contributed by atoms with Gasteiger partial charge in [0, 0.05) is 19.9 Å². The second-order valence-electron chi connectivity index (χ2n) is 4.01. The van der Waals surface area contributed by atoms with Crippen LogP contribution in [0.15, 0.2) is 12.4 Å². The third-order valence-electron chi connectivity index (χ3n) is 2.38. The van der Waals surface area contributed by atoms with Crippen molar-refractivity contribution < 1.29 is 14.6 Å². The van der Waals surface area contributed by atoms with Crippen LogP contribution in [-0.4, -0.2) is 33.6 Å². The van der Waals surface area contributed by atoms with E-state index in [0.717, 1.165) is 6.42 Å². The Kier molecular flexibility index (Phi) is 3.47. The van der Waals surface area contributed by atoms with Crippen molar-refractivity contribution in [3.05, 3.63) is 18.0 Å². The molecule has 0 radical (unpaired) electrons. The van der Waals surface area contributed by atoms with E-state index >= 15 is 0 Å². The molecule has 0 amide bonds. The van der Waals surface area contributed by atoms with Gasteiger partial charge in [0.05, 0.1) is 17.4 Å². The Balaban J connectivity index is 2.55. The zero-order valence-electron chi connectivity index (χ0n) is 9.23. The van der Waals surface area contributed by atoms with Gasteiger partial charge in [-0.2, -0.15) is 5.10 Å². The number of carboxylic acids is 1. The molecule has 84 valence electrons. The molecule has 1 aromatic heterocycles. The summed E-state index contributed by atoms with van der Waals surface area (Å²) in [5.74, 6) is -0.952. The molecular weight excluding hydrogens is 196 g/mol. The first-order chi connectivity index (χ1) is 6.94. The topological polar surface area (TPSA) is 64.3 Å². The fraction of sp³-hybridized carbons (Fsp3) is 0.600. The molecule has 0 atom stereocenters. The average molecular weight is 212 g/mol. The molecule has 0 aliphatic carbocycles. The summed E-state index contributed by atoms with van der Waals surface area (Å²) in [6.45, 7) is 4.61. The Morgan fingerprint density at radius 1 is 1.67 bits per heavy atom. The fourth-order valence-corrected chi connectivity index (χ4v) is 1.08. The minimum absolute atomic E-state index is 0.213. The number of aromatic nitrogens is 2. The molecule has 1 N–H and O–H groups in total. The number of carbonyl (C=O) groups is 1. The molecule has 1 aromatic rings. The van der Waals surface area contributed by atoms with Crippen molar-refractivity contribution in [2.45, 2.75) is 32.4 Å². The standard InChI is InChI=1S/C10H16N2O3/c1-10(2,15-3)4-5-12-7-8(6-11-12)9(13)14/h6-7H,4-5H2,1-3H3,(H,13,14). The molecule has 5 nitrogen and oxygen atoms in total. The lowest BCUT2D eigenvalue weighted by molar-refractivity contribution is 0.0113. The molecule has 1 rings (SSSR count). The van der Waals surface area contributed by atoms with Gasteiger partial charge in [0.1, 0.15) is 0 Å². The van der Waals surface area contributed by atoms with Crippen LogP contribution in [0.2, 0.25) is 0 Å². The summed E-state index contributed by atoms with van der Waals surface area (Å²) >= 11 is 0. The maximum Gasteiger partial charge on any atom is 0.338 e. The summed E-state index contributed by atoms with van der Waals surface area (Å²) in [6, 6.07) is 0. The Morgan fingerprint density at radius 2 is 2.33 bits per heavy atom. The van der Waals surface area contributed by atoms with E-state index in [1.165, 1.54) is 12.4 Å². The highest BCUT2D eigenvalue weighted by molar-refractivity contribution is 5.86. The van der Waals surface area contributed by atoms with Gasteiger partial charge in [-0.25, -0.2) is 4.79 Å². The first-order valence-corrected chi connectivity index (χ1v) is 4.75. The van der Waals surface area contributed by atoms with Crippen LogP contribution < -0.4 is 0 Å². The predicted molar refractivity (Wildman–Crippen MR) is 54.9 cm³/mol. The number of carboxylic acid groups (broad SMARTS) is 1. The second kappa shape index (κ2) is 4.44. The van der Waals surface area contributed by atoms with Crippen LogP contribution in [-0.2, 0) is 11.3 Å². The monoisotopic (exact) mass is 212 g/mol. The zero-order valence-corrected chi connectivity index (χ0v) is 9.23. The van der Waals surface area contributed by atoms with Crippen LogP contribution in [0.3, 0.4) is 0 Å². The van der Waals surface area contributed by atoms with Gasteiger partial charge >= 0.3 is 5.97 Å².